The largest absolute Gasteiger partial charge is 0.209 e. The second kappa shape index (κ2) is 12.5. The Morgan fingerprint density at radius 2 is 1.07 bits per heavy atom. The Balaban J connectivity index is 1.57. The number of hydrogen-bond donors (Lipinski definition) is 0. The molecule has 0 heterocycles. The lowest BCUT2D eigenvalue weighted by Gasteiger charge is -2.12. The molecule has 0 aromatic heterocycles. The summed E-state index contributed by atoms with van der Waals surface area (Å²) in [4.78, 5) is 0. The first-order valence-electron chi connectivity index (χ1n) is 12.4. The lowest BCUT2D eigenvalue weighted by atomic mass is 9.96. The average molecular weight is 577 g/mol. The Labute approximate surface area is 230 Å². The molecule has 0 aliphatic rings. The van der Waals surface area contributed by atoms with Gasteiger partial charge in [-0.25, -0.2) is 39.5 Å². The maximum absolute atomic E-state index is 15.0. The monoisotopic (exact) mass is 576 g/mol. The zero-order chi connectivity index (χ0) is 29.8. The van der Waals surface area contributed by atoms with Crippen LogP contribution in [-0.2, 0) is 12.8 Å². The van der Waals surface area contributed by atoms with Crippen LogP contribution in [0.3, 0.4) is 0 Å². The molecular weight excluding hydrogens is 555 g/mol. The van der Waals surface area contributed by atoms with E-state index in [-0.39, 0.29) is 36.8 Å². The fourth-order valence-electron chi connectivity index (χ4n) is 4.34. The minimum atomic E-state index is -1.56. The molecule has 0 saturated carbocycles. The molecule has 0 bridgehead atoms. The molecule has 4 aromatic rings. The van der Waals surface area contributed by atoms with Gasteiger partial charge in [0.2, 0.25) is 0 Å². The molecule has 0 fully saturated rings. The number of hydrogen-bond acceptors (Lipinski definition) is 0. The van der Waals surface area contributed by atoms with Crippen LogP contribution < -0.4 is 0 Å². The van der Waals surface area contributed by atoms with Gasteiger partial charge in [-0.3, -0.25) is 0 Å². The predicted octanol–water partition coefficient (Wildman–Crippen LogP) is 10.4. The maximum Gasteiger partial charge on any atom is 0.194 e. The predicted molar refractivity (Wildman–Crippen MR) is 139 cm³/mol. The van der Waals surface area contributed by atoms with E-state index in [1.54, 1.807) is 0 Å². The number of rotatable bonds is 9. The van der Waals surface area contributed by atoms with E-state index in [1.165, 1.54) is 30.3 Å². The molecule has 4 rings (SSSR count). The lowest BCUT2D eigenvalue weighted by molar-refractivity contribution is 0.445. The fourth-order valence-corrected chi connectivity index (χ4v) is 4.34. The molecule has 0 N–H and O–H groups in total. The Morgan fingerprint density at radius 1 is 0.585 bits per heavy atom. The Bertz CT molecular complexity index is 1570. The standard InChI is InChI=1S/C32H21F9/c1-2-3-4-22(33)31(40)21-15-25(36)30(26(37)16-21)20-13-23(34)29(24(35)14-20)19-9-7-17(8-10-19)5-6-18-11-27(38)32(41)28(39)12-18/h2,7-16H,1,3-6H2. The van der Waals surface area contributed by atoms with Gasteiger partial charge in [0.1, 0.15) is 29.1 Å². The van der Waals surface area contributed by atoms with Gasteiger partial charge in [-0.1, -0.05) is 30.3 Å². The van der Waals surface area contributed by atoms with Crippen molar-refractivity contribution in [3.05, 3.63) is 137 Å². The van der Waals surface area contributed by atoms with Crippen LogP contribution in [0.5, 0.6) is 0 Å². The number of benzene rings is 4. The highest BCUT2D eigenvalue weighted by Gasteiger charge is 2.21. The molecule has 0 aliphatic heterocycles. The van der Waals surface area contributed by atoms with Gasteiger partial charge in [-0.2, -0.15) is 0 Å². The topological polar surface area (TPSA) is 0 Å². The van der Waals surface area contributed by atoms with Gasteiger partial charge in [0.15, 0.2) is 23.3 Å². The van der Waals surface area contributed by atoms with Crippen LogP contribution in [0.4, 0.5) is 39.5 Å². The Morgan fingerprint density at radius 3 is 1.61 bits per heavy atom. The van der Waals surface area contributed by atoms with Gasteiger partial charge in [-0.05, 0) is 77.9 Å². The van der Waals surface area contributed by atoms with Crippen molar-refractivity contribution in [1.82, 2.24) is 0 Å². The lowest BCUT2D eigenvalue weighted by Crippen LogP contribution is -1.98. The molecule has 0 aliphatic carbocycles. The fraction of sp³-hybridized carbons (Fsp3) is 0.125. The van der Waals surface area contributed by atoms with E-state index >= 15 is 8.78 Å². The highest BCUT2D eigenvalue weighted by molar-refractivity contribution is 5.74. The molecule has 0 amide bonds. The van der Waals surface area contributed by atoms with Gasteiger partial charge in [0.25, 0.3) is 0 Å². The number of halogens is 9. The Kier molecular flexibility index (Phi) is 9.05. The summed E-state index contributed by atoms with van der Waals surface area (Å²) in [5.41, 5.74) is -1.49. The van der Waals surface area contributed by atoms with Gasteiger partial charge in [-0.15, -0.1) is 6.58 Å². The summed E-state index contributed by atoms with van der Waals surface area (Å²) in [6, 6.07) is 10.2. The summed E-state index contributed by atoms with van der Waals surface area (Å²) in [5, 5.41) is 0. The normalized spacial score (nSPS) is 11.9. The highest BCUT2D eigenvalue weighted by atomic mass is 19.2. The molecule has 0 nitrogen and oxygen atoms in total. The van der Waals surface area contributed by atoms with Gasteiger partial charge in [0.05, 0.1) is 11.1 Å². The zero-order valence-corrected chi connectivity index (χ0v) is 21.3. The van der Waals surface area contributed by atoms with Crippen LogP contribution >= 0.6 is 0 Å². The second-order valence-corrected chi connectivity index (χ2v) is 9.25. The van der Waals surface area contributed by atoms with Crippen LogP contribution in [-0.4, -0.2) is 0 Å². The summed E-state index contributed by atoms with van der Waals surface area (Å²) in [6.45, 7) is 3.38. The summed E-state index contributed by atoms with van der Waals surface area (Å²) in [5.74, 6) is -11.8. The average Bonchev–Trinajstić information content (AvgIpc) is 2.93. The van der Waals surface area contributed by atoms with Crippen LogP contribution in [0.15, 0.2) is 79.1 Å². The third-order valence-corrected chi connectivity index (χ3v) is 6.42. The summed E-state index contributed by atoms with van der Waals surface area (Å²) in [7, 11) is 0. The molecule has 0 radical (unpaired) electrons. The van der Waals surface area contributed by atoms with Gasteiger partial charge in [0, 0.05) is 12.0 Å². The van der Waals surface area contributed by atoms with E-state index in [0.29, 0.717) is 17.7 Å². The van der Waals surface area contributed by atoms with E-state index in [0.717, 1.165) is 24.3 Å². The van der Waals surface area contributed by atoms with Crippen LogP contribution in [0.25, 0.3) is 28.1 Å². The number of aryl methyl sites for hydroxylation is 2. The third-order valence-electron chi connectivity index (χ3n) is 6.42. The van der Waals surface area contributed by atoms with Crippen molar-refractivity contribution < 1.29 is 39.5 Å². The van der Waals surface area contributed by atoms with Gasteiger partial charge < -0.3 is 0 Å². The molecule has 9 heteroatoms. The first-order valence-corrected chi connectivity index (χ1v) is 12.4. The maximum atomic E-state index is 15.0. The van der Waals surface area contributed by atoms with E-state index < -0.39 is 74.6 Å². The van der Waals surface area contributed by atoms with E-state index in [1.807, 2.05) is 0 Å². The van der Waals surface area contributed by atoms with E-state index in [4.69, 9.17) is 0 Å². The minimum absolute atomic E-state index is 0.104. The van der Waals surface area contributed by atoms with E-state index in [9.17, 15) is 30.7 Å². The van der Waals surface area contributed by atoms with Crippen LogP contribution in [0, 0.1) is 40.7 Å². The summed E-state index contributed by atoms with van der Waals surface area (Å²) in [6.07, 6.45) is 1.56. The molecule has 0 unspecified atom stereocenters. The van der Waals surface area contributed by atoms with Crippen molar-refractivity contribution in [1.29, 1.82) is 0 Å². The van der Waals surface area contributed by atoms with Crippen molar-refractivity contribution in [2.45, 2.75) is 25.7 Å². The molecule has 41 heavy (non-hydrogen) atoms. The highest BCUT2D eigenvalue weighted by Crippen LogP contribution is 2.36. The van der Waals surface area contributed by atoms with Crippen molar-refractivity contribution in [2.24, 2.45) is 0 Å². The first-order chi connectivity index (χ1) is 19.5. The molecule has 0 spiro atoms. The zero-order valence-electron chi connectivity index (χ0n) is 21.3. The van der Waals surface area contributed by atoms with Crippen molar-refractivity contribution in [3.8, 4) is 22.3 Å². The smallest absolute Gasteiger partial charge is 0.194 e. The second-order valence-electron chi connectivity index (χ2n) is 9.25. The first kappa shape index (κ1) is 29.7. The number of allylic oxidation sites excluding steroid dienone is 2. The molecule has 4 aromatic carbocycles. The molecule has 212 valence electrons. The van der Waals surface area contributed by atoms with Crippen molar-refractivity contribution in [3.63, 3.8) is 0 Å². The molecule has 0 atom stereocenters. The van der Waals surface area contributed by atoms with Crippen LogP contribution in [0.1, 0.15) is 29.5 Å². The quantitative estimate of drug-likeness (QED) is 0.106. The summed E-state index contributed by atoms with van der Waals surface area (Å²) < 4.78 is 128. The van der Waals surface area contributed by atoms with Crippen molar-refractivity contribution >= 4 is 5.83 Å². The van der Waals surface area contributed by atoms with Crippen LogP contribution in [0.2, 0.25) is 0 Å². The molecular formula is C32H21F9. The Hall–Kier alpha value is -4.27. The molecule has 0 saturated heterocycles. The van der Waals surface area contributed by atoms with Crippen molar-refractivity contribution in [2.75, 3.05) is 0 Å². The van der Waals surface area contributed by atoms with Gasteiger partial charge >= 0.3 is 0 Å². The minimum Gasteiger partial charge on any atom is -0.209 e. The third kappa shape index (κ3) is 6.56. The summed E-state index contributed by atoms with van der Waals surface area (Å²) >= 11 is 0. The SMILES string of the molecule is C=CCCC(F)=C(F)c1cc(F)c(-c2cc(F)c(-c3ccc(CCc4cc(F)c(F)c(F)c4)cc3)c(F)c2)c(F)c1. The van der Waals surface area contributed by atoms with E-state index in [2.05, 4.69) is 6.58 Å².